The molecule has 3 nitrogen and oxygen atoms in total. The summed E-state index contributed by atoms with van der Waals surface area (Å²) in [5.74, 6) is 0. The Morgan fingerprint density at radius 3 is 2.68 bits per heavy atom. The van der Waals surface area contributed by atoms with Crippen molar-refractivity contribution in [2.24, 2.45) is 0 Å². The number of anilines is 1. The van der Waals surface area contributed by atoms with Crippen molar-refractivity contribution in [2.75, 3.05) is 44.2 Å². The maximum atomic E-state index is 6.79. The largest absolute Gasteiger partial charge is 0.369 e. The maximum absolute atomic E-state index is 6.79. The number of hydrogen-bond donors (Lipinski definition) is 0. The van der Waals surface area contributed by atoms with Crippen LogP contribution in [0.15, 0.2) is 18.2 Å². The lowest BCUT2D eigenvalue weighted by molar-refractivity contribution is 0.258. The summed E-state index contributed by atoms with van der Waals surface area (Å²) in [7, 11) is 0. The number of nitrogens with zero attached hydrogens (tertiary/aromatic N) is 3. The fraction of sp³-hybridized carbons (Fsp3) is 0.533. The standard InChI is InChI=1S/C15H20ClN3/c1-13-4-5-14(16)12-15(13)19-10-8-18(9-11-19)7-3-6-17-2/h4-5,12H,3,6-11H2,1H3. The first-order valence-electron chi connectivity index (χ1n) is 6.77. The molecule has 0 spiro atoms. The smallest absolute Gasteiger partial charge is 0.215 e. The van der Waals surface area contributed by atoms with Gasteiger partial charge in [-0.05, 0) is 24.6 Å². The Balaban J connectivity index is 1.89. The lowest BCUT2D eigenvalue weighted by Gasteiger charge is -2.36. The van der Waals surface area contributed by atoms with E-state index in [9.17, 15) is 0 Å². The zero-order valence-electron chi connectivity index (χ0n) is 11.4. The zero-order chi connectivity index (χ0) is 13.7. The molecule has 1 aromatic rings. The molecule has 0 N–H and O–H groups in total. The van der Waals surface area contributed by atoms with Crippen LogP contribution in [0.5, 0.6) is 0 Å². The highest BCUT2D eigenvalue weighted by atomic mass is 35.5. The molecule has 0 bridgehead atoms. The Bertz CT molecular complexity index is 459. The Hall–Kier alpha value is -1.24. The second-order valence-electron chi connectivity index (χ2n) is 4.99. The quantitative estimate of drug-likeness (QED) is 0.619. The fourth-order valence-electron chi connectivity index (χ4n) is 2.51. The highest BCUT2D eigenvalue weighted by molar-refractivity contribution is 6.30. The molecule has 102 valence electrons. The molecule has 0 saturated carbocycles. The van der Waals surface area contributed by atoms with E-state index in [0.717, 1.165) is 44.2 Å². The number of benzene rings is 1. The second kappa shape index (κ2) is 6.79. The van der Waals surface area contributed by atoms with E-state index in [4.69, 9.17) is 18.2 Å². The predicted molar refractivity (Wildman–Crippen MR) is 80.9 cm³/mol. The van der Waals surface area contributed by atoms with Crippen LogP contribution in [-0.2, 0) is 0 Å². The fourth-order valence-corrected chi connectivity index (χ4v) is 2.68. The summed E-state index contributed by atoms with van der Waals surface area (Å²) in [4.78, 5) is 8.26. The Kier molecular flexibility index (Phi) is 5.07. The Labute approximate surface area is 120 Å². The molecule has 0 amide bonds. The van der Waals surface area contributed by atoms with E-state index >= 15 is 0 Å². The molecule has 0 atom stereocenters. The van der Waals surface area contributed by atoms with E-state index in [-0.39, 0.29) is 0 Å². The van der Waals surface area contributed by atoms with Crippen LogP contribution < -0.4 is 4.90 Å². The molecule has 1 aliphatic rings. The van der Waals surface area contributed by atoms with Crippen molar-refractivity contribution < 1.29 is 0 Å². The zero-order valence-corrected chi connectivity index (χ0v) is 12.2. The van der Waals surface area contributed by atoms with E-state index in [1.165, 1.54) is 11.3 Å². The van der Waals surface area contributed by atoms with Gasteiger partial charge in [-0.1, -0.05) is 17.7 Å². The van der Waals surface area contributed by atoms with Crippen LogP contribution in [-0.4, -0.2) is 44.2 Å². The lowest BCUT2D eigenvalue weighted by Crippen LogP contribution is -2.46. The SMILES string of the molecule is [C-]#[N+]CCCN1CCN(c2cc(Cl)ccc2C)CC1. The van der Waals surface area contributed by atoms with E-state index in [0.29, 0.717) is 6.54 Å². The number of halogens is 1. The third kappa shape index (κ3) is 3.86. The van der Waals surface area contributed by atoms with E-state index in [1.807, 2.05) is 6.07 Å². The number of rotatable bonds is 4. The van der Waals surface area contributed by atoms with Crippen molar-refractivity contribution in [3.8, 4) is 0 Å². The van der Waals surface area contributed by atoms with Crippen LogP contribution in [0.3, 0.4) is 0 Å². The third-order valence-corrected chi connectivity index (χ3v) is 3.86. The minimum Gasteiger partial charge on any atom is -0.369 e. The van der Waals surface area contributed by atoms with Crippen LogP contribution >= 0.6 is 11.6 Å². The molecule has 0 radical (unpaired) electrons. The molecule has 4 heteroatoms. The van der Waals surface area contributed by atoms with Gasteiger partial charge in [0.25, 0.3) is 0 Å². The van der Waals surface area contributed by atoms with Gasteiger partial charge in [-0.25, -0.2) is 6.57 Å². The molecule has 19 heavy (non-hydrogen) atoms. The van der Waals surface area contributed by atoms with Crippen molar-refractivity contribution in [2.45, 2.75) is 13.3 Å². The number of aryl methyl sites for hydroxylation is 1. The monoisotopic (exact) mass is 277 g/mol. The summed E-state index contributed by atoms with van der Waals surface area (Å²) in [6, 6.07) is 6.09. The topological polar surface area (TPSA) is 10.8 Å². The van der Waals surface area contributed by atoms with Gasteiger partial charge < -0.3 is 9.74 Å². The second-order valence-corrected chi connectivity index (χ2v) is 5.43. The van der Waals surface area contributed by atoms with Gasteiger partial charge >= 0.3 is 0 Å². The summed E-state index contributed by atoms with van der Waals surface area (Å²) in [5, 5.41) is 0.806. The molecule has 2 rings (SSSR count). The maximum Gasteiger partial charge on any atom is 0.215 e. The average molecular weight is 278 g/mol. The highest BCUT2D eigenvalue weighted by Crippen LogP contribution is 2.25. The minimum atomic E-state index is 0.646. The minimum absolute atomic E-state index is 0.646. The molecule has 0 aromatic heterocycles. The summed E-state index contributed by atoms with van der Waals surface area (Å²) >= 11 is 6.08. The van der Waals surface area contributed by atoms with Crippen molar-refractivity contribution >= 4 is 17.3 Å². The first-order valence-corrected chi connectivity index (χ1v) is 7.15. The van der Waals surface area contributed by atoms with Crippen molar-refractivity contribution in [1.82, 2.24) is 4.90 Å². The summed E-state index contributed by atoms with van der Waals surface area (Å²) < 4.78 is 0. The van der Waals surface area contributed by atoms with Crippen LogP contribution in [0.1, 0.15) is 12.0 Å². The molecular formula is C15H20ClN3. The highest BCUT2D eigenvalue weighted by Gasteiger charge is 2.18. The van der Waals surface area contributed by atoms with Gasteiger partial charge in [0.1, 0.15) is 0 Å². The molecule has 0 unspecified atom stereocenters. The molecule has 1 heterocycles. The van der Waals surface area contributed by atoms with E-state index in [1.54, 1.807) is 0 Å². The van der Waals surface area contributed by atoms with Crippen molar-refractivity contribution in [3.63, 3.8) is 0 Å². The van der Waals surface area contributed by atoms with Gasteiger partial charge in [0.15, 0.2) is 0 Å². The predicted octanol–water partition coefficient (Wildman–Crippen LogP) is 3.08. The first kappa shape index (κ1) is 14.2. The van der Waals surface area contributed by atoms with Gasteiger partial charge in [0.05, 0.1) is 0 Å². The van der Waals surface area contributed by atoms with E-state index < -0.39 is 0 Å². The summed E-state index contributed by atoms with van der Waals surface area (Å²) in [5.41, 5.74) is 2.54. The molecule has 1 aromatic carbocycles. The van der Waals surface area contributed by atoms with Gasteiger partial charge in [0.2, 0.25) is 6.54 Å². The summed E-state index contributed by atoms with van der Waals surface area (Å²) in [6.45, 7) is 14.8. The number of piperazine rings is 1. The molecule has 1 aliphatic heterocycles. The van der Waals surface area contributed by atoms with Crippen molar-refractivity contribution in [1.29, 1.82) is 0 Å². The van der Waals surface area contributed by atoms with Crippen LogP contribution in [0.25, 0.3) is 4.85 Å². The molecular weight excluding hydrogens is 258 g/mol. The van der Waals surface area contributed by atoms with Gasteiger partial charge in [-0.15, -0.1) is 0 Å². The van der Waals surface area contributed by atoms with Gasteiger partial charge in [-0.3, -0.25) is 4.90 Å². The average Bonchev–Trinajstić information content (AvgIpc) is 2.43. The van der Waals surface area contributed by atoms with Gasteiger partial charge in [0, 0.05) is 49.9 Å². The van der Waals surface area contributed by atoms with Crippen molar-refractivity contribution in [3.05, 3.63) is 40.2 Å². The Morgan fingerprint density at radius 1 is 1.26 bits per heavy atom. The van der Waals surface area contributed by atoms with E-state index in [2.05, 4.69) is 33.7 Å². The molecule has 1 fully saturated rings. The Morgan fingerprint density at radius 2 is 2.00 bits per heavy atom. The molecule has 0 aliphatic carbocycles. The molecule has 1 saturated heterocycles. The van der Waals surface area contributed by atoms with Crippen LogP contribution in [0.4, 0.5) is 5.69 Å². The lowest BCUT2D eigenvalue weighted by atomic mass is 10.1. The van der Waals surface area contributed by atoms with Crippen LogP contribution in [0.2, 0.25) is 5.02 Å². The summed E-state index contributed by atoms with van der Waals surface area (Å²) in [6.07, 6.45) is 0.986. The normalized spacial score (nSPS) is 16.4. The first-order chi connectivity index (χ1) is 9.20. The van der Waals surface area contributed by atoms with Crippen LogP contribution in [0, 0.1) is 13.5 Å². The van der Waals surface area contributed by atoms with Gasteiger partial charge in [-0.2, -0.15) is 0 Å². The third-order valence-electron chi connectivity index (χ3n) is 3.63. The number of hydrogen-bond acceptors (Lipinski definition) is 2.